The Labute approximate surface area is 123 Å². The van der Waals surface area contributed by atoms with E-state index in [-0.39, 0.29) is 17.8 Å². The summed E-state index contributed by atoms with van der Waals surface area (Å²) in [6.45, 7) is 2.66. The fraction of sp³-hybridized carbons (Fsp3) is 0.500. The van der Waals surface area contributed by atoms with E-state index in [1.165, 1.54) is 0 Å². The number of carbonyl (C=O) groups is 1. The molecule has 7 heteroatoms. The Bertz CT molecular complexity index is 512. The van der Waals surface area contributed by atoms with Crippen molar-refractivity contribution in [2.75, 3.05) is 13.2 Å². The second-order valence-corrected chi connectivity index (χ2v) is 5.13. The van der Waals surface area contributed by atoms with E-state index >= 15 is 0 Å². The first kappa shape index (κ1) is 15.2. The molecule has 0 aromatic carbocycles. The van der Waals surface area contributed by atoms with Crippen molar-refractivity contribution < 1.29 is 14.7 Å². The van der Waals surface area contributed by atoms with E-state index in [9.17, 15) is 4.79 Å². The normalized spacial score (nSPS) is 19.8. The molecular formula is C14H20N4O3. The van der Waals surface area contributed by atoms with Crippen LogP contribution in [0.1, 0.15) is 31.5 Å². The summed E-state index contributed by atoms with van der Waals surface area (Å²) in [6.07, 6.45) is 2.46. The summed E-state index contributed by atoms with van der Waals surface area (Å²) >= 11 is 0. The molecular weight excluding hydrogens is 272 g/mol. The second-order valence-electron chi connectivity index (χ2n) is 5.13. The average Bonchev–Trinajstić information content (AvgIpc) is 2.55. The lowest BCUT2D eigenvalue weighted by molar-refractivity contribution is -0.132. The van der Waals surface area contributed by atoms with Crippen LogP contribution in [-0.2, 0) is 9.53 Å². The van der Waals surface area contributed by atoms with Gasteiger partial charge < -0.3 is 21.0 Å². The van der Waals surface area contributed by atoms with Crippen molar-refractivity contribution in [3.05, 3.63) is 30.1 Å². The van der Waals surface area contributed by atoms with Gasteiger partial charge in [0.15, 0.2) is 5.84 Å². The van der Waals surface area contributed by atoms with Crippen LogP contribution in [0.5, 0.6) is 0 Å². The predicted octanol–water partition coefficient (Wildman–Crippen LogP) is 0.802. The monoisotopic (exact) mass is 292 g/mol. The average molecular weight is 292 g/mol. The number of nitrogens with zero attached hydrogens (tertiary/aromatic N) is 2. The lowest BCUT2D eigenvalue weighted by Crippen LogP contribution is -2.53. The van der Waals surface area contributed by atoms with Crippen molar-refractivity contribution >= 4 is 11.7 Å². The van der Waals surface area contributed by atoms with Crippen molar-refractivity contribution in [3.63, 3.8) is 0 Å². The van der Waals surface area contributed by atoms with Gasteiger partial charge in [0.2, 0.25) is 5.91 Å². The maximum absolute atomic E-state index is 12.6. The Kier molecular flexibility index (Phi) is 4.74. The molecule has 4 N–H and O–H groups in total. The van der Waals surface area contributed by atoms with Gasteiger partial charge in [0.25, 0.3) is 0 Å². The number of carbonyl (C=O) groups excluding carboxylic acids is 1. The zero-order valence-corrected chi connectivity index (χ0v) is 12.0. The van der Waals surface area contributed by atoms with Gasteiger partial charge in [0.1, 0.15) is 5.41 Å². The topological polar surface area (TPSA) is 110 Å². The summed E-state index contributed by atoms with van der Waals surface area (Å²) in [6, 6.07) is 5.25. The predicted molar refractivity (Wildman–Crippen MR) is 76.7 cm³/mol. The number of amides is 1. The Morgan fingerprint density at radius 3 is 2.81 bits per heavy atom. The van der Waals surface area contributed by atoms with Gasteiger partial charge in [0.05, 0.1) is 11.7 Å². The summed E-state index contributed by atoms with van der Waals surface area (Å²) in [4.78, 5) is 16.9. The van der Waals surface area contributed by atoms with E-state index < -0.39 is 5.41 Å². The van der Waals surface area contributed by atoms with Crippen LogP contribution < -0.4 is 11.1 Å². The highest BCUT2D eigenvalue weighted by Crippen LogP contribution is 2.32. The van der Waals surface area contributed by atoms with Gasteiger partial charge in [-0.25, -0.2) is 0 Å². The van der Waals surface area contributed by atoms with Crippen LogP contribution in [0.25, 0.3) is 0 Å². The van der Waals surface area contributed by atoms with E-state index in [2.05, 4.69) is 15.5 Å². The van der Waals surface area contributed by atoms with E-state index in [1.54, 1.807) is 6.20 Å². The molecule has 7 nitrogen and oxygen atoms in total. The molecule has 1 unspecified atom stereocenters. The number of pyridine rings is 1. The molecule has 21 heavy (non-hydrogen) atoms. The van der Waals surface area contributed by atoms with Crippen LogP contribution >= 0.6 is 0 Å². The first-order valence-corrected chi connectivity index (χ1v) is 6.88. The van der Waals surface area contributed by atoms with Crippen molar-refractivity contribution in [3.8, 4) is 0 Å². The molecule has 1 saturated heterocycles. The van der Waals surface area contributed by atoms with Gasteiger partial charge in [-0.15, -0.1) is 0 Å². The highest BCUT2D eigenvalue weighted by Gasteiger charge is 2.44. The fourth-order valence-corrected chi connectivity index (χ4v) is 2.46. The third-order valence-corrected chi connectivity index (χ3v) is 3.86. The maximum atomic E-state index is 12.6. The zero-order chi connectivity index (χ0) is 15.3. The molecule has 1 fully saturated rings. The molecule has 1 aliphatic rings. The lowest BCUT2D eigenvalue weighted by atomic mass is 9.78. The minimum atomic E-state index is -1.02. The number of amidine groups is 1. The summed E-state index contributed by atoms with van der Waals surface area (Å²) in [7, 11) is 0. The number of nitrogens with one attached hydrogen (secondary N) is 1. The van der Waals surface area contributed by atoms with Gasteiger partial charge >= 0.3 is 0 Å². The van der Waals surface area contributed by atoms with Gasteiger partial charge in [-0.1, -0.05) is 11.2 Å². The minimum absolute atomic E-state index is 0.0727. The van der Waals surface area contributed by atoms with Crippen LogP contribution in [0, 0.1) is 5.41 Å². The van der Waals surface area contributed by atoms with Gasteiger partial charge in [-0.3, -0.25) is 9.78 Å². The Morgan fingerprint density at radius 1 is 1.52 bits per heavy atom. The largest absolute Gasteiger partial charge is 0.409 e. The SMILES string of the molecule is CC(NC(=O)C1(C(N)=NO)CCOCC1)c1ccccn1. The lowest BCUT2D eigenvalue weighted by Gasteiger charge is -2.35. The highest BCUT2D eigenvalue weighted by atomic mass is 16.5. The van der Waals surface area contributed by atoms with E-state index in [0.717, 1.165) is 5.69 Å². The Hall–Kier alpha value is -2.15. The molecule has 1 aromatic heterocycles. The molecule has 1 aliphatic heterocycles. The molecule has 1 amide bonds. The van der Waals surface area contributed by atoms with Crippen molar-refractivity contribution in [1.82, 2.24) is 10.3 Å². The van der Waals surface area contributed by atoms with Gasteiger partial charge in [-0.2, -0.15) is 0 Å². The van der Waals surface area contributed by atoms with E-state index in [1.807, 2.05) is 25.1 Å². The van der Waals surface area contributed by atoms with E-state index in [4.69, 9.17) is 15.7 Å². The van der Waals surface area contributed by atoms with Crippen molar-refractivity contribution in [2.45, 2.75) is 25.8 Å². The fourth-order valence-electron chi connectivity index (χ4n) is 2.46. The Morgan fingerprint density at radius 2 is 2.24 bits per heavy atom. The van der Waals surface area contributed by atoms with Crippen LogP contribution in [0.4, 0.5) is 0 Å². The molecule has 0 radical (unpaired) electrons. The number of rotatable bonds is 4. The third-order valence-electron chi connectivity index (χ3n) is 3.86. The van der Waals surface area contributed by atoms with Gasteiger partial charge in [-0.05, 0) is 31.9 Å². The number of nitrogens with two attached hydrogens (primary N) is 1. The molecule has 0 saturated carbocycles. The minimum Gasteiger partial charge on any atom is -0.409 e. The van der Waals surface area contributed by atoms with Crippen molar-refractivity contribution in [2.24, 2.45) is 16.3 Å². The summed E-state index contributed by atoms with van der Waals surface area (Å²) < 4.78 is 5.27. The summed E-state index contributed by atoms with van der Waals surface area (Å²) in [5, 5.41) is 14.9. The quantitative estimate of drug-likeness (QED) is 0.329. The van der Waals surface area contributed by atoms with Crippen LogP contribution in [0.3, 0.4) is 0 Å². The first-order chi connectivity index (χ1) is 10.1. The highest BCUT2D eigenvalue weighted by molar-refractivity contribution is 6.06. The molecule has 2 heterocycles. The van der Waals surface area contributed by atoms with Crippen LogP contribution in [0.2, 0.25) is 0 Å². The third kappa shape index (κ3) is 3.13. The summed E-state index contributed by atoms with van der Waals surface area (Å²) in [5.41, 5.74) is 5.51. The zero-order valence-electron chi connectivity index (χ0n) is 12.0. The molecule has 1 aromatic rings. The van der Waals surface area contributed by atoms with E-state index in [0.29, 0.717) is 26.1 Å². The first-order valence-electron chi connectivity index (χ1n) is 6.88. The molecule has 114 valence electrons. The molecule has 1 atom stereocenters. The molecule has 0 spiro atoms. The second kappa shape index (κ2) is 6.53. The molecule has 2 rings (SSSR count). The van der Waals surface area contributed by atoms with Crippen LogP contribution in [0.15, 0.2) is 29.6 Å². The number of hydrogen-bond acceptors (Lipinski definition) is 5. The smallest absolute Gasteiger partial charge is 0.234 e. The van der Waals surface area contributed by atoms with Crippen LogP contribution in [-0.4, -0.2) is 35.1 Å². The Balaban J connectivity index is 2.16. The number of ether oxygens (including phenoxy) is 1. The maximum Gasteiger partial charge on any atom is 0.234 e. The van der Waals surface area contributed by atoms with Gasteiger partial charge in [0, 0.05) is 19.4 Å². The number of hydrogen-bond donors (Lipinski definition) is 3. The number of oxime groups is 1. The molecule has 0 aliphatic carbocycles. The van der Waals surface area contributed by atoms with Crippen molar-refractivity contribution in [1.29, 1.82) is 0 Å². The number of aromatic nitrogens is 1. The summed E-state index contributed by atoms with van der Waals surface area (Å²) in [5.74, 6) is -0.337. The molecule has 0 bridgehead atoms. The standard InChI is InChI=1S/C14H20N4O3/c1-10(11-4-2-3-7-16-11)17-13(19)14(12(15)18-20)5-8-21-9-6-14/h2-4,7,10,20H,5-6,8-9H2,1H3,(H2,15,18)(H,17,19).